The monoisotopic (exact) mass is 299 g/mol. The first-order chi connectivity index (χ1) is 9.80. The van der Waals surface area contributed by atoms with E-state index >= 15 is 0 Å². The highest BCUT2D eigenvalue weighted by Crippen LogP contribution is 2.33. The van der Waals surface area contributed by atoms with Gasteiger partial charge in [0.1, 0.15) is 17.6 Å². The van der Waals surface area contributed by atoms with E-state index in [4.69, 9.17) is 4.74 Å². The topological polar surface area (TPSA) is 83.1 Å². The van der Waals surface area contributed by atoms with Crippen LogP contribution in [0, 0.1) is 0 Å². The SMILES string of the molecule is CNCc1nc([C@H]2C[C@H](F)CN2C(=O)OC(C)(C)C)n[nH]1. The van der Waals surface area contributed by atoms with Gasteiger partial charge in [0, 0.05) is 6.42 Å². The highest BCUT2D eigenvalue weighted by Gasteiger charge is 2.40. The van der Waals surface area contributed by atoms with Crippen molar-refractivity contribution < 1.29 is 13.9 Å². The van der Waals surface area contributed by atoms with E-state index in [2.05, 4.69) is 20.5 Å². The van der Waals surface area contributed by atoms with Gasteiger partial charge in [0.25, 0.3) is 0 Å². The third-order valence-electron chi connectivity index (χ3n) is 3.07. The number of hydrogen-bond donors (Lipinski definition) is 2. The Morgan fingerprint density at radius 3 is 2.90 bits per heavy atom. The molecule has 0 aliphatic carbocycles. The number of rotatable bonds is 3. The van der Waals surface area contributed by atoms with Gasteiger partial charge in [0.2, 0.25) is 0 Å². The normalized spacial score (nSPS) is 22.6. The Balaban J connectivity index is 2.14. The van der Waals surface area contributed by atoms with Crippen LogP contribution in [-0.2, 0) is 11.3 Å². The lowest BCUT2D eigenvalue weighted by Gasteiger charge is -2.27. The maximum atomic E-state index is 13.7. The van der Waals surface area contributed by atoms with E-state index in [1.54, 1.807) is 27.8 Å². The lowest BCUT2D eigenvalue weighted by molar-refractivity contribution is 0.0210. The standard InChI is InChI=1S/C13H22FN5O2/c1-13(2,3)21-12(20)19-7-8(14)5-9(19)11-16-10(6-15-4)17-18-11/h8-9,15H,5-7H2,1-4H3,(H,16,17,18)/t8-,9+/m0/s1. The van der Waals surface area contributed by atoms with E-state index < -0.39 is 23.9 Å². The molecular formula is C13H22FN5O2. The molecule has 0 saturated carbocycles. The number of aromatic amines is 1. The molecule has 2 heterocycles. The maximum absolute atomic E-state index is 13.7. The zero-order valence-electron chi connectivity index (χ0n) is 12.8. The van der Waals surface area contributed by atoms with E-state index in [9.17, 15) is 9.18 Å². The van der Waals surface area contributed by atoms with E-state index in [0.717, 1.165) is 0 Å². The fourth-order valence-corrected chi connectivity index (χ4v) is 2.26. The van der Waals surface area contributed by atoms with Gasteiger partial charge in [-0.05, 0) is 27.8 Å². The van der Waals surface area contributed by atoms with Crippen molar-refractivity contribution in [2.45, 2.75) is 51.6 Å². The fourth-order valence-electron chi connectivity index (χ4n) is 2.26. The Labute approximate surface area is 123 Å². The average molecular weight is 299 g/mol. The van der Waals surface area contributed by atoms with Crippen molar-refractivity contribution in [1.82, 2.24) is 25.4 Å². The van der Waals surface area contributed by atoms with E-state index in [0.29, 0.717) is 18.2 Å². The van der Waals surface area contributed by atoms with Crippen LogP contribution in [0.4, 0.5) is 9.18 Å². The molecule has 1 aromatic rings. The van der Waals surface area contributed by atoms with Gasteiger partial charge in [-0.2, -0.15) is 5.10 Å². The summed E-state index contributed by atoms with van der Waals surface area (Å²) in [5, 5.41) is 9.82. The lowest BCUT2D eigenvalue weighted by atomic mass is 10.2. The highest BCUT2D eigenvalue weighted by atomic mass is 19.1. The first-order valence-corrected chi connectivity index (χ1v) is 6.99. The summed E-state index contributed by atoms with van der Waals surface area (Å²) in [5.41, 5.74) is -0.619. The summed E-state index contributed by atoms with van der Waals surface area (Å²) in [6.07, 6.45) is -1.43. The number of aromatic nitrogens is 3. The number of nitrogens with one attached hydrogen (secondary N) is 2. The van der Waals surface area contributed by atoms with Gasteiger partial charge < -0.3 is 10.1 Å². The predicted octanol–water partition coefficient (Wildman–Crippen LogP) is 1.54. The van der Waals surface area contributed by atoms with Gasteiger partial charge in [-0.25, -0.2) is 14.2 Å². The number of likely N-dealkylation sites (tertiary alicyclic amines) is 1. The molecular weight excluding hydrogens is 277 g/mol. The lowest BCUT2D eigenvalue weighted by Crippen LogP contribution is -2.37. The summed E-state index contributed by atoms with van der Waals surface area (Å²) < 4.78 is 19.0. The van der Waals surface area contributed by atoms with E-state index in [1.165, 1.54) is 4.90 Å². The third kappa shape index (κ3) is 3.90. The summed E-state index contributed by atoms with van der Waals surface area (Å²) in [6.45, 7) is 5.88. The second-order valence-electron chi connectivity index (χ2n) is 6.15. The number of carbonyl (C=O) groups is 1. The quantitative estimate of drug-likeness (QED) is 0.884. The van der Waals surface area contributed by atoms with Crippen molar-refractivity contribution in [2.75, 3.05) is 13.6 Å². The first kappa shape index (κ1) is 15.7. The van der Waals surface area contributed by atoms with Crippen LogP contribution in [0.1, 0.15) is 44.9 Å². The zero-order chi connectivity index (χ0) is 15.6. The minimum absolute atomic E-state index is 0.00941. The molecule has 8 heteroatoms. The molecule has 0 radical (unpaired) electrons. The Bertz CT molecular complexity index is 499. The number of H-pyrrole nitrogens is 1. The summed E-state index contributed by atoms with van der Waals surface area (Å²) in [5.74, 6) is 1.07. The van der Waals surface area contributed by atoms with Gasteiger partial charge in [-0.1, -0.05) is 0 Å². The van der Waals surface area contributed by atoms with Gasteiger partial charge in [-0.3, -0.25) is 10.00 Å². The van der Waals surface area contributed by atoms with Crippen LogP contribution in [0.25, 0.3) is 0 Å². The van der Waals surface area contributed by atoms with Crippen LogP contribution in [0.2, 0.25) is 0 Å². The fraction of sp³-hybridized carbons (Fsp3) is 0.769. The molecule has 1 aliphatic heterocycles. The molecule has 1 aliphatic rings. The third-order valence-corrected chi connectivity index (χ3v) is 3.07. The number of alkyl halides is 1. The Kier molecular flexibility index (Phi) is 4.46. The van der Waals surface area contributed by atoms with Crippen LogP contribution in [0.5, 0.6) is 0 Å². The largest absolute Gasteiger partial charge is 0.444 e. The second-order valence-corrected chi connectivity index (χ2v) is 6.15. The van der Waals surface area contributed by atoms with Gasteiger partial charge in [0.15, 0.2) is 5.82 Å². The zero-order valence-corrected chi connectivity index (χ0v) is 12.8. The number of carbonyl (C=O) groups excluding carboxylic acids is 1. The number of hydrogen-bond acceptors (Lipinski definition) is 5. The van der Waals surface area contributed by atoms with Crippen LogP contribution in [-0.4, -0.2) is 51.5 Å². The Morgan fingerprint density at radius 1 is 1.57 bits per heavy atom. The molecule has 1 saturated heterocycles. The summed E-state index contributed by atoms with van der Waals surface area (Å²) in [6, 6.07) is -0.489. The molecule has 21 heavy (non-hydrogen) atoms. The van der Waals surface area contributed by atoms with Crippen LogP contribution in [0.15, 0.2) is 0 Å². The minimum atomic E-state index is -1.09. The molecule has 0 bridgehead atoms. The average Bonchev–Trinajstić information content (AvgIpc) is 2.93. The van der Waals surface area contributed by atoms with Crippen molar-refractivity contribution in [2.24, 2.45) is 0 Å². The van der Waals surface area contributed by atoms with Crippen molar-refractivity contribution >= 4 is 6.09 Å². The summed E-state index contributed by atoms with van der Waals surface area (Å²) in [4.78, 5) is 17.8. The number of halogens is 1. The molecule has 2 rings (SSSR count). The molecule has 118 valence electrons. The molecule has 1 fully saturated rings. The number of nitrogens with zero attached hydrogens (tertiary/aromatic N) is 3. The van der Waals surface area contributed by atoms with Crippen molar-refractivity contribution in [3.05, 3.63) is 11.6 Å². The molecule has 0 unspecified atom stereocenters. The van der Waals surface area contributed by atoms with E-state index in [1.807, 2.05) is 0 Å². The molecule has 2 atom stereocenters. The van der Waals surface area contributed by atoms with Crippen LogP contribution in [0.3, 0.4) is 0 Å². The van der Waals surface area contributed by atoms with Crippen LogP contribution >= 0.6 is 0 Å². The summed E-state index contributed by atoms with van der Waals surface area (Å²) >= 11 is 0. The number of amides is 1. The van der Waals surface area contributed by atoms with Crippen LogP contribution < -0.4 is 5.32 Å². The smallest absolute Gasteiger partial charge is 0.411 e. The van der Waals surface area contributed by atoms with Crippen molar-refractivity contribution in [3.8, 4) is 0 Å². The maximum Gasteiger partial charge on any atom is 0.411 e. The highest BCUT2D eigenvalue weighted by molar-refractivity contribution is 5.69. The van der Waals surface area contributed by atoms with E-state index in [-0.39, 0.29) is 13.0 Å². The van der Waals surface area contributed by atoms with Gasteiger partial charge >= 0.3 is 6.09 Å². The predicted molar refractivity (Wildman–Crippen MR) is 74.3 cm³/mol. The van der Waals surface area contributed by atoms with Crippen molar-refractivity contribution in [3.63, 3.8) is 0 Å². The molecule has 1 amide bonds. The molecule has 0 spiro atoms. The minimum Gasteiger partial charge on any atom is -0.444 e. The molecule has 0 aromatic carbocycles. The first-order valence-electron chi connectivity index (χ1n) is 6.99. The number of ether oxygens (including phenoxy) is 1. The summed E-state index contributed by atoms with van der Waals surface area (Å²) in [7, 11) is 1.79. The van der Waals surface area contributed by atoms with Crippen molar-refractivity contribution in [1.29, 1.82) is 0 Å². The molecule has 2 N–H and O–H groups in total. The van der Waals surface area contributed by atoms with Gasteiger partial charge in [-0.15, -0.1) is 0 Å². The second kappa shape index (κ2) is 5.97. The Morgan fingerprint density at radius 2 is 2.29 bits per heavy atom. The molecule has 7 nitrogen and oxygen atoms in total. The molecule has 1 aromatic heterocycles. The Hall–Kier alpha value is -1.70. The van der Waals surface area contributed by atoms with Gasteiger partial charge in [0.05, 0.1) is 19.1 Å².